The molecule has 3 rings (SSSR count). The average molecular weight is 423 g/mol. The number of nitro groups is 1. The van der Waals surface area contributed by atoms with E-state index in [1.165, 1.54) is 24.3 Å². The lowest BCUT2D eigenvalue weighted by Gasteiger charge is -2.04. The molecule has 0 atom stereocenters. The number of azo groups is 1. The van der Waals surface area contributed by atoms with Gasteiger partial charge in [0, 0.05) is 42.6 Å². The van der Waals surface area contributed by atoms with E-state index >= 15 is 0 Å². The van der Waals surface area contributed by atoms with Crippen molar-refractivity contribution in [1.82, 2.24) is 9.88 Å². The van der Waals surface area contributed by atoms with Crippen molar-refractivity contribution in [2.45, 2.75) is 26.3 Å². The first-order valence-electron chi connectivity index (χ1n) is 9.69. The van der Waals surface area contributed by atoms with Crippen molar-refractivity contribution in [2.75, 3.05) is 6.54 Å². The quantitative estimate of drug-likeness (QED) is 0.243. The minimum Gasteiger partial charge on any atom is -0.493 e. The predicted octanol–water partition coefficient (Wildman–Crippen LogP) is 4.10. The van der Waals surface area contributed by atoms with E-state index in [2.05, 4.69) is 15.5 Å². The maximum Gasteiger partial charge on any atom is 0.269 e. The van der Waals surface area contributed by atoms with Crippen LogP contribution in [0.15, 0.2) is 58.8 Å². The molecular formula is C21H21N5O5. The Bertz CT molecular complexity index is 1150. The summed E-state index contributed by atoms with van der Waals surface area (Å²) in [5.41, 5.74) is 1.25. The summed E-state index contributed by atoms with van der Waals surface area (Å²) in [4.78, 5) is 34.2. The van der Waals surface area contributed by atoms with Crippen LogP contribution in [0.25, 0.3) is 10.9 Å². The molecule has 1 heterocycles. The number of nitrogens with one attached hydrogen (secondary N) is 1. The van der Waals surface area contributed by atoms with Crippen molar-refractivity contribution in [1.29, 1.82) is 0 Å². The Kier molecular flexibility index (Phi) is 6.71. The van der Waals surface area contributed by atoms with Crippen LogP contribution >= 0.6 is 0 Å². The fraction of sp³-hybridized carbons (Fsp3) is 0.238. The molecule has 2 aromatic carbocycles. The van der Waals surface area contributed by atoms with E-state index in [4.69, 9.17) is 0 Å². The zero-order chi connectivity index (χ0) is 22.4. The van der Waals surface area contributed by atoms with Gasteiger partial charge in [0.25, 0.3) is 17.5 Å². The third-order valence-corrected chi connectivity index (χ3v) is 4.69. The highest BCUT2D eigenvalue weighted by molar-refractivity contribution is 5.95. The number of aryl methyl sites for hydroxylation is 1. The van der Waals surface area contributed by atoms with Crippen molar-refractivity contribution in [3.05, 3.63) is 64.2 Å². The van der Waals surface area contributed by atoms with Crippen molar-refractivity contribution in [3.63, 3.8) is 0 Å². The van der Waals surface area contributed by atoms with E-state index in [0.717, 1.165) is 5.52 Å². The lowest BCUT2D eigenvalue weighted by atomic mass is 10.2. The van der Waals surface area contributed by atoms with Gasteiger partial charge in [-0.1, -0.05) is 18.2 Å². The minimum absolute atomic E-state index is 0.0457. The second-order valence-electron chi connectivity index (χ2n) is 6.69. The fourth-order valence-electron chi connectivity index (χ4n) is 3.12. The zero-order valence-electron chi connectivity index (χ0n) is 16.8. The van der Waals surface area contributed by atoms with Gasteiger partial charge in [0.15, 0.2) is 5.69 Å². The predicted molar refractivity (Wildman–Crippen MR) is 113 cm³/mol. The van der Waals surface area contributed by atoms with Gasteiger partial charge in [-0.3, -0.25) is 19.7 Å². The Balaban J connectivity index is 1.52. The van der Waals surface area contributed by atoms with Crippen LogP contribution in [0.2, 0.25) is 0 Å². The van der Waals surface area contributed by atoms with Crippen LogP contribution in [0.5, 0.6) is 5.88 Å². The van der Waals surface area contributed by atoms with Crippen molar-refractivity contribution < 1.29 is 19.6 Å². The van der Waals surface area contributed by atoms with Gasteiger partial charge in [-0.25, -0.2) is 0 Å². The number of rotatable bonds is 8. The van der Waals surface area contributed by atoms with Crippen LogP contribution < -0.4 is 5.32 Å². The topological polar surface area (TPSA) is 139 Å². The monoisotopic (exact) mass is 423 g/mol. The molecular weight excluding hydrogens is 402 g/mol. The normalized spacial score (nSPS) is 11.1. The van der Waals surface area contributed by atoms with E-state index in [1.54, 1.807) is 10.6 Å². The molecule has 0 bridgehead atoms. The van der Waals surface area contributed by atoms with Gasteiger partial charge in [0.05, 0.1) is 10.4 Å². The summed E-state index contributed by atoms with van der Waals surface area (Å²) in [6.07, 6.45) is 0.413. The number of nitro benzene ring substituents is 1. The number of benzene rings is 2. The number of aromatic hydroxyl groups is 1. The summed E-state index contributed by atoms with van der Waals surface area (Å²) in [5, 5.41) is 32.0. The SMILES string of the molecule is CCn1c(O)c(N=NC(=O)CCCNC(=O)c2ccc([N+](=O)[O-])cc2)c2ccccc21. The third-order valence-electron chi connectivity index (χ3n) is 4.69. The smallest absolute Gasteiger partial charge is 0.269 e. The fourth-order valence-corrected chi connectivity index (χ4v) is 3.12. The van der Waals surface area contributed by atoms with E-state index in [0.29, 0.717) is 23.9 Å². The number of non-ortho nitro benzene ring substituents is 1. The number of fused-ring (bicyclic) bond motifs is 1. The Morgan fingerprint density at radius 1 is 1.16 bits per heavy atom. The average Bonchev–Trinajstić information content (AvgIpc) is 3.05. The van der Waals surface area contributed by atoms with Crippen LogP contribution in [-0.2, 0) is 11.3 Å². The number of aromatic nitrogens is 1. The van der Waals surface area contributed by atoms with E-state index in [9.17, 15) is 24.8 Å². The first kappa shape index (κ1) is 21.6. The summed E-state index contributed by atoms with van der Waals surface area (Å²) in [7, 11) is 0. The van der Waals surface area contributed by atoms with Crippen LogP contribution in [0.1, 0.15) is 30.1 Å². The van der Waals surface area contributed by atoms with Crippen molar-refractivity contribution in [3.8, 4) is 5.88 Å². The molecule has 10 heteroatoms. The van der Waals surface area contributed by atoms with Crippen molar-refractivity contribution in [2.24, 2.45) is 10.2 Å². The van der Waals surface area contributed by atoms with Gasteiger partial charge in [-0.05, 0) is 31.5 Å². The van der Waals surface area contributed by atoms with Crippen LogP contribution in [-0.4, -0.2) is 33.0 Å². The molecule has 0 saturated carbocycles. The van der Waals surface area contributed by atoms with Crippen LogP contribution in [0.4, 0.5) is 11.4 Å². The van der Waals surface area contributed by atoms with Crippen LogP contribution in [0, 0.1) is 10.1 Å². The summed E-state index contributed by atoms with van der Waals surface area (Å²) in [6.45, 7) is 2.67. The largest absolute Gasteiger partial charge is 0.493 e. The second kappa shape index (κ2) is 9.61. The van der Waals surface area contributed by atoms with Gasteiger partial charge >= 0.3 is 0 Å². The lowest BCUT2D eigenvalue weighted by Crippen LogP contribution is -2.24. The molecule has 0 aliphatic rings. The van der Waals surface area contributed by atoms with E-state index in [-0.39, 0.29) is 36.1 Å². The standard InChI is InChI=1S/C21H21N5O5/c1-2-25-17-7-4-3-6-16(17)19(21(25)29)24-23-18(27)8-5-13-22-20(28)14-9-11-15(12-10-14)26(30)31/h3-4,6-7,9-12,29H,2,5,8,13H2,1H3,(H,22,28). The summed E-state index contributed by atoms with van der Waals surface area (Å²) in [5.74, 6) is -0.908. The van der Waals surface area contributed by atoms with E-state index < -0.39 is 10.8 Å². The molecule has 160 valence electrons. The molecule has 2 amide bonds. The highest BCUT2D eigenvalue weighted by atomic mass is 16.6. The highest BCUT2D eigenvalue weighted by Gasteiger charge is 2.15. The molecule has 0 saturated heterocycles. The van der Waals surface area contributed by atoms with Crippen molar-refractivity contribution >= 4 is 34.1 Å². The number of para-hydroxylation sites is 1. The van der Waals surface area contributed by atoms with Crippen LogP contribution in [0.3, 0.4) is 0 Å². The maximum atomic E-state index is 12.0. The summed E-state index contributed by atoms with van der Waals surface area (Å²) in [6, 6.07) is 12.6. The molecule has 1 aromatic heterocycles. The number of hydrogen-bond donors (Lipinski definition) is 2. The van der Waals surface area contributed by atoms with Gasteiger partial charge in [0.1, 0.15) is 0 Å². The molecule has 3 aromatic rings. The van der Waals surface area contributed by atoms with Gasteiger partial charge in [-0.15, -0.1) is 10.2 Å². The molecule has 2 N–H and O–H groups in total. The Labute approximate surface area is 177 Å². The van der Waals surface area contributed by atoms with E-state index in [1.807, 2.05) is 25.1 Å². The number of carbonyl (C=O) groups is 2. The zero-order valence-corrected chi connectivity index (χ0v) is 16.8. The van der Waals surface area contributed by atoms with Gasteiger partial charge in [-0.2, -0.15) is 0 Å². The van der Waals surface area contributed by atoms with Gasteiger partial charge in [0.2, 0.25) is 5.88 Å². The Hall–Kier alpha value is -4.08. The van der Waals surface area contributed by atoms with Gasteiger partial charge < -0.3 is 15.0 Å². The molecule has 10 nitrogen and oxygen atoms in total. The number of hydrogen-bond acceptors (Lipinski definition) is 6. The first-order valence-corrected chi connectivity index (χ1v) is 9.69. The first-order chi connectivity index (χ1) is 14.9. The summed E-state index contributed by atoms with van der Waals surface area (Å²) >= 11 is 0. The highest BCUT2D eigenvalue weighted by Crippen LogP contribution is 2.38. The third kappa shape index (κ3) is 4.92. The number of amides is 2. The molecule has 0 aliphatic heterocycles. The maximum absolute atomic E-state index is 12.0. The Morgan fingerprint density at radius 3 is 2.55 bits per heavy atom. The molecule has 31 heavy (non-hydrogen) atoms. The molecule has 0 fully saturated rings. The molecule has 0 aliphatic carbocycles. The number of carbonyl (C=O) groups excluding carboxylic acids is 2. The lowest BCUT2D eigenvalue weighted by molar-refractivity contribution is -0.384. The molecule has 0 radical (unpaired) electrons. The summed E-state index contributed by atoms with van der Waals surface area (Å²) < 4.78 is 1.68. The minimum atomic E-state index is -0.540. The molecule has 0 spiro atoms. The number of nitrogens with zero attached hydrogens (tertiary/aromatic N) is 4. The second-order valence-corrected chi connectivity index (χ2v) is 6.69. The molecule has 0 unspecified atom stereocenters. The Morgan fingerprint density at radius 2 is 1.87 bits per heavy atom.